The zero-order chi connectivity index (χ0) is 52.9. The highest BCUT2D eigenvalue weighted by molar-refractivity contribution is 5.71. The average Bonchev–Trinajstić information content (AvgIpc) is 3.39. The number of unbranched alkanes of at least 4 members (excludes halogenated alkanes) is 43. The van der Waals surface area contributed by atoms with Crippen molar-refractivity contribution in [1.82, 2.24) is 0 Å². The molecule has 0 fully saturated rings. The van der Waals surface area contributed by atoms with Crippen molar-refractivity contribution in [3.8, 4) is 0 Å². The molecule has 0 aliphatic carbocycles. The zero-order valence-corrected chi connectivity index (χ0v) is 49.2. The van der Waals surface area contributed by atoms with Gasteiger partial charge >= 0.3 is 17.9 Å². The highest BCUT2D eigenvalue weighted by Gasteiger charge is 2.19. The minimum atomic E-state index is -0.781. The molecule has 0 bridgehead atoms. The van der Waals surface area contributed by atoms with Gasteiger partial charge in [-0.15, -0.1) is 0 Å². The summed E-state index contributed by atoms with van der Waals surface area (Å²) in [5, 5.41) is 0. The average molecular weight is 1030 g/mol. The summed E-state index contributed by atoms with van der Waals surface area (Å²) in [5.41, 5.74) is 0. The van der Waals surface area contributed by atoms with Gasteiger partial charge in [0.05, 0.1) is 0 Å². The fourth-order valence-electron chi connectivity index (χ4n) is 9.71. The van der Waals surface area contributed by atoms with E-state index in [2.05, 4.69) is 57.2 Å². The monoisotopic (exact) mass is 1020 g/mol. The van der Waals surface area contributed by atoms with Crippen molar-refractivity contribution in [1.29, 1.82) is 0 Å². The largest absolute Gasteiger partial charge is 0.462 e. The third-order valence-electron chi connectivity index (χ3n) is 14.6. The fourth-order valence-corrected chi connectivity index (χ4v) is 9.71. The molecule has 0 N–H and O–H groups in total. The van der Waals surface area contributed by atoms with Gasteiger partial charge in [0, 0.05) is 19.3 Å². The van der Waals surface area contributed by atoms with Crippen molar-refractivity contribution in [3.63, 3.8) is 0 Å². The van der Waals surface area contributed by atoms with Crippen molar-refractivity contribution < 1.29 is 28.6 Å². The number of hydrogen-bond acceptors (Lipinski definition) is 6. The number of carbonyl (C=O) groups excluding carboxylic acids is 3. The normalized spacial score (nSPS) is 12.2. The summed E-state index contributed by atoms with van der Waals surface area (Å²) < 4.78 is 16.9. The summed E-state index contributed by atoms with van der Waals surface area (Å²) in [6, 6.07) is 0. The van der Waals surface area contributed by atoms with Crippen LogP contribution in [-0.2, 0) is 28.6 Å². The molecular formula is C67H124O6. The quantitative estimate of drug-likeness (QED) is 0.0261. The number of ether oxygens (including phenoxy) is 3. The highest BCUT2D eigenvalue weighted by atomic mass is 16.6. The smallest absolute Gasteiger partial charge is 0.306 e. The van der Waals surface area contributed by atoms with Gasteiger partial charge in [0.1, 0.15) is 13.2 Å². The van der Waals surface area contributed by atoms with Crippen molar-refractivity contribution in [3.05, 3.63) is 36.5 Å². The van der Waals surface area contributed by atoms with E-state index in [1.807, 2.05) is 0 Å². The fraction of sp³-hybridized carbons (Fsp3) is 0.866. The molecule has 0 aromatic heterocycles. The third kappa shape index (κ3) is 60.4. The Morgan fingerprint density at radius 1 is 0.274 bits per heavy atom. The van der Waals surface area contributed by atoms with Crippen LogP contribution in [0.1, 0.15) is 355 Å². The first kappa shape index (κ1) is 70.6. The molecule has 0 saturated heterocycles. The summed E-state index contributed by atoms with van der Waals surface area (Å²) in [6.45, 7) is 6.65. The van der Waals surface area contributed by atoms with E-state index in [-0.39, 0.29) is 31.1 Å². The minimum absolute atomic E-state index is 0.0765. The van der Waals surface area contributed by atoms with E-state index < -0.39 is 6.10 Å². The van der Waals surface area contributed by atoms with Crippen molar-refractivity contribution in [2.24, 2.45) is 0 Å². The van der Waals surface area contributed by atoms with Gasteiger partial charge in [-0.05, 0) is 77.0 Å². The summed E-state index contributed by atoms with van der Waals surface area (Å²) in [5.74, 6) is -0.877. The standard InChI is InChI=1S/C67H124O6/c1-4-7-10-13-16-19-22-25-28-30-31-32-33-34-35-36-37-38-40-42-45-48-51-54-57-60-66(69)72-63-64(62-71-65(68)59-56-53-50-47-44-41-27-24-21-18-15-12-9-6-3)73-67(70)61-58-55-52-49-46-43-39-29-26-23-20-17-14-11-8-5-2/h20,23-24,27,29,39,64H,4-19,21-22,25-26,28,30-38,40-63H2,1-3H3/b23-20-,27-24-,39-29-. The Labute approximate surface area is 455 Å². The van der Waals surface area contributed by atoms with Gasteiger partial charge in [0.25, 0.3) is 0 Å². The van der Waals surface area contributed by atoms with Crippen LogP contribution < -0.4 is 0 Å². The van der Waals surface area contributed by atoms with Gasteiger partial charge in [-0.3, -0.25) is 14.4 Å². The lowest BCUT2D eigenvalue weighted by molar-refractivity contribution is -0.167. The van der Waals surface area contributed by atoms with E-state index in [0.717, 1.165) is 89.9 Å². The van der Waals surface area contributed by atoms with Crippen LogP contribution in [0, 0.1) is 0 Å². The lowest BCUT2D eigenvalue weighted by Gasteiger charge is -2.18. The van der Waals surface area contributed by atoms with E-state index in [1.165, 1.54) is 225 Å². The maximum Gasteiger partial charge on any atom is 0.306 e. The maximum absolute atomic E-state index is 12.9. The second-order valence-corrected chi connectivity index (χ2v) is 22.0. The van der Waals surface area contributed by atoms with Gasteiger partial charge in [-0.2, -0.15) is 0 Å². The molecule has 0 amide bonds. The van der Waals surface area contributed by atoms with Crippen LogP contribution in [0.15, 0.2) is 36.5 Å². The summed E-state index contributed by atoms with van der Waals surface area (Å²) in [4.78, 5) is 38.3. The molecule has 0 aliphatic heterocycles. The topological polar surface area (TPSA) is 78.9 Å². The first-order chi connectivity index (χ1) is 36.0. The van der Waals surface area contributed by atoms with Gasteiger partial charge in [-0.25, -0.2) is 0 Å². The second kappa shape index (κ2) is 62.2. The van der Waals surface area contributed by atoms with Gasteiger partial charge in [0.2, 0.25) is 0 Å². The van der Waals surface area contributed by atoms with Crippen LogP contribution in [0.3, 0.4) is 0 Å². The van der Waals surface area contributed by atoms with E-state index >= 15 is 0 Å². The van der Waals surface area contributed by atoms with E-state index in [0.29, 0.717) is 19.3 Å². The predicted octanol–water partition coefficient (Wildman–Crippen LogP) is 22.0. The molecule has 73 heavy (non-hydrogen) atoms. The van der Waals surface area contributed by atoms with Crippen molar-refractivity contribution in [2.75, 3.05) is 13.2 Å². The van der Waals surface area contributed by atoms with Crippen molar-refractivity contribution in [2.45, 2.75) is 361 Å². The Morgan fingerprint density at radius 3 is 0.781 bits per heavy atom. The van der Waals surface area contributed by atoms with Crippen LogP contribution in [0.2, 0.25) is 0 Å². The second-order valence-electron chi connectivity index (χ2n) is 22.0. The van der Waals surface area contributed by atoms with E-state index in [1.54, 1.807) is 0 Å². The first-order valence-corrected chi connectivity index (χ1v) is 32.5. The number of esters is 3. The summed E-state index contributed by atoms with van der Waals surface area (Å²) >= 11 is 0. The SMILES string of the molecule is CCCCCC/C=C\C/C=C\CCCCCCCC(=O)OC(COC(=O)CCCCCCC/C=C\CCCCCCC)COC(=O)CCCCCCCCCCCCCCCCCCCCCCCCCCC. The van der Waals surface area contributed by atoms with E-state index in [9.17, 15) is 14.4 Å². The third-order valence-corrected chi connectivity index (χ3v) is 14.6. The lowest BCUT2D eigenvalue weighted by Crippen LogP contribution is -2.30. The molecule has 428 valence electrons. The lowest BCUT2D eigenvalue weighted by atomic mass is 10.0. The molecule has 0 heterocycles. The molecule has 6 heteroatoms. The summed E-state index contributed by atoms with van der Waals surface area (Å²) in [7, 11) is 0. The first-order valence-electron chi connectivity index (χ1n) is 32.5. The van der Waals surface area contributed by atoms with E-state index in [4.69, 9.17) is 14.2 Å². The van der Waals surface area contributed by atoms with Gasteiger partial charge in [0.15, 0.2) is 6.10 Å². The van der Waals surface area contributed by atoms with Gasteiger partial charge < -0.3 is 14.2 Å². The number of rotatable bonds is 60. The highest BCUT2D eigenvalue weighted by Crippen LogP contribution is 2.18. The van der Waals surface area contributed by atoms with Crippen LogP contribution in [0.4, 0.5) is 0 Å². The molecule has 0 radical (unpaired) electrons. The number of allylic oxidation sites excluding steroid dienone is 6. The molecule has 0 rings (SSSR count). The molecule has 0 saturated carbocycles. The van der Waals surface area contributed by atoms with Crippen LogP contribution in [-0.4, -0.2) is 37.2 Å². The Bertz CT molecular complexity index is 1220. The Hall–Kier alpha value is -2.37. The molecule has 1 unspecified atom stereocenters. The van der Waals surface area contributed by atoms with Crippen LogP contribution in [0.25, 0.3) is 0 Å². The molecule has 0 aromatic carbocycles. The predicted molar refractivity (Wildman–Crippen MR) is 316 cm³/mol. The van der Waals surface area contributed by atoms with Crippen LogP contribution >= 0.6 is 0 Å². The molecule has 0 aromatic rings. The maximum atomic E-state index is 12.9. The van der Waals surface area contributed by atoms with Crippen LogP contribution in [0.5, 0.6) is 0 Å². The Balaban J connectivity index is 4.25. The van der Waals surface area contributed by atoms with Crippen molar-refractivity contribution >= 4 is 17.9 Å². The zero-order valence-electron chi connectivity index (χ0n) is 49.2. The Morgan fingerprint density at radius 2 is 0.493 bits per heavy atom. The van der Waals surface area contributed by atoms with Gasteiger partial charge in [-0.1, -0.05) is 295 Å². The molecule has 0 spiro atoms. The molecule has 0 aliphatic rings. The summed E-state index contributed by atoms with van der Waals surface area (Å²) in [6.07, 6.45) is 75.9. The molecule has 1 atom stereocenters. The number of hydrogen-bond donors (Lipinski definition) is 0. The molecule has 6 nitrogen and oxygen atoms in total. The number of carbonyl (C=O) groups is 3. The molecular weight excluding hydrogens is 901 g/mol. The Kier molecular flexibility index (Phi) is 60.2. The minimum Gasteiger partial charge on any atom is -0.462 e.